The molecule has 1 heterocycles. The van der Waals surface area contributed by atoms with Crippen LogP contribution in [0.3, 0.4) is 0 Å². The van der Waals surface area contributed by atoms with Crippen molar-refractivity contribution >= 4 is 11.6 Å². The molecule has 0 aliphatic carbocycles. The minimum absolute atomic E-state index is 0.262. The molecule has 2 aromatic rings. The summed E-state index contributed by atoms with van der Waals surface area (Å²) < 4.78 is 15.4. The van der Waals surface area contributed by atoms with Crippen LogP contribution in [0, 0.1) is 5.82 Å². The molecule has 0 saturated heterocycles. The van der Waals surface area contributed by atoms with E-state index in [1.54, 1.807) is 12.3 Å². The van der Waals surface area contributed by atoms with Gasteiger partial charge < -0.3 is 10.3 Å². The Morgan fingerprint density at radius 3 is 3.00 bits per heavy atom. The summed E-state index contributed by atoms with van der Waals surface area (Å²) in [5, 5.41) is 0.530. The molecule has 0 unspecified atom stereocenters. The second kappa shape index (κ2) is 5.29. The van der Waals surface area contributed by atoms with Gasteiger partial charge in [0.15, 0.2) is 0 Å². The van der Waals surface area contributed by atoms with E-state index in [0.717, 1.165) is 5.82 Å². The molecule has 5 heteroatoms. The lowest BCUT2D eigenvalue weighted by molar-refractivity contribution is 0.594. The smallest absolute Gasteiger partial charge is 0.128 e. The van der Waals surface area contributed by atoms with Gasteiger partial charge in [0.05, 0.1) is 6.54 Å². The number of nitrogens with two attached hydrogens (primary N) is 1. The molecule has 0 fully saturated rings. The predicted octanol–water partition coefficient (Wildman–Crippen LogP) is 2.23. The van der Waals surface area contributed by atoms with E-state index in [9.17, 15) is 4.39 Å². The van der Waals surface area contributed by atoms with E-state index in [2.05, 4.69) is 4.98 Å². The molecule has 1 aromatic heterocycles. The molecular formula is C12H13ClFN3. The van der Waals surface area contributed by atoms with E-state index in [1.165, 1.54) is 12.1 Å². The highest BCUT2D eigenvalue weighted by Gasteiger charge is 2.07. The van der Waals surface area contributed by atoms with Crippen LogP contribution in [0.1, 0.15) is 11.4 Å². The first-order chi connectivity index (χ1) is 8.20. The van der Waals surface area contributed by atoms with Gasteiger partial charge in [-0.15, -0.1) is 0 Å². The Morgan fingerprint density at radius 2 is 2.24 bits per heavy atom. The first-order valence-electron chi connectivity index (χ1n) is 5.34. The van der Waals surface area contributed by atoms with Crippen LogP contribution < -0.4 is 5.73 Å². The van der Waals surface area contributed by atoms with Gasteiger partial charge in [0.1, 0.15) is 11.6 Å². The van der Waals surface area contributed by atoms with Crippen LogP contribution in [0.2, 0.25) is 5.02 Å². The molecule has 17 heavy (non-hydrogen) atoms. The third-order valence-corrected chi connectivity index (χ3v) is 2.75. The SMILES string of the molecule is NCCc1nccn1Cc1cc(Cl)ccc1F. The van der Waals surface area contributed by atoms with Gasteiger partial charge in [-0.05, 0) is 24.7 Å². The van der Waals surface area contributed by atoms with Gasteiger partial charge in [0, 0.05) is 29.4 Å². The van der Waals surface area contributed by atoms with E-state index >= 15 is 0 Å². The number of aromatic nitrogens is 2. The van der Waals surface area contributed by atoms with Gasteiger partial charge >= 0.3 is 0 Å². The lowest BCUT2D eigenvalue weighted by atomic mass is 10.2. The summed E-state index contributed by atoms with van der Waals surface area (Å²) >= 11 is 5.85. The minimum atomic E-state index is -0.262. The van der Waals surface area contributed by atoms with Crippen LogP contribution in [0.5, 0.6) is 0 Å². The van der Waals surface area contributed by atoms with Crippen molar-refractivity contribution in [2.45, 2.75) is 13.0 Å². The van der Waals surface area contributed by atoms with Gasteiger partial charge in [-0.3, -0.25) is 0 Å². The Bertz CT molecular complexity index is 510. The van der Waals surface area contributed by atoms with Crippen molar-refractivity contribution in [1.29, 1.82) is 0 Å². The molecule has 0 amide bonds. The largest absolute Gasteiger partial charge is 0.330 e. The van der Waals surface area contributed by atoms with Crippen LogP contribution in [-0.2, 0) is 13.0 Å². The summed E-state index contributed by atoms with van der Waals surface area (Å²) in [4.78, 5) is 4.18. The fraction of sp³-hybridized carbons (Fsp3) is 0.250. The highest BCUT2D eigenvalue weighted by atomic mass is 35.5. The number of halogens is 2. The summed E-state index contributed by atoms with van der Waals surface area (Å²) in [7, 11) is 0. The highest BCUT2D eigenvalue weighted by molar-refractivity contribution is 6.30. The molecule has 0 bridgehead atoms. The van der Waals surface area contributed by atoms with E-state index in [4.69, 9.17) is 17.3 Å². The first-order valence-corrected chi connectivity index (χ1v) is 5.72. The van der Waals surface area contributed by atoms with Crippen LogP contribution >= 0.6 is 11.6 Å². The molecule has 2 N–H and O–H groups in total. The monoisotopic (exact) mass is 253 g/mol. The molecule has 0 aliphatic heterocycles. The Balaban J connectivity index is 2.25. The summed E-state index contributed by atoms with van der Waals surface area (Å²) in [6.45, 7) is 0.941. The van der Waals surface area contributed by atoms with Crippen LogP contribution in [0.15, 0.2) is 30.6 Å². The molecule has 0 radical (unpaired) electrons. The molecule has 0 aliphatic rings. The summed E-state index contributed by atoms with van der Waals surface area (Å²) in [5.74, 6) is 0.591. The zero-order valence-electron chi connectivity index (χ0n) is 9.24. The standard InChI is InChI=1S/C12H13ClFN3/c13-10-1-2-11(14)9(7-10)8-17-6-5-16-12(17)3-4-15/h1-2,5-7H,3-4,8,15H2. The maximum Gasteiger partial charge on any atom is 0.128 e. The Hall–Kier alpha value is -1.39. The highest BCUT2D eigenvalue weighted by Crippen LogP contribution is 2.16. The Morgan fingerprint density at radius 1 is 1.41 bits per heavy atom. The van der Waals surface area contributed by atoms with E-state index < -0.39 is 0 Å². The Labute approximate surface area is 104 Å². The molecule has 90 valence electrons. The van der Waals surface area contributed by atoms with Crippen molar-refractivity contribution < 1.29 is 4.39 Å². The average molecular weight is 254 g/mol. The minimum Gasteiger partial charge on any atom is -0.330 e. The first kappa shape index (κ1) is 12.1. The lowest BCUT2D eigenvalue weighted by Crippen LogP contribution is -2.11. The van der Waals surface area contributed by atoms with Crippen molar-refractivity contribution in [3.8, 4) is 0 Å². The maximum absolute atomic E-state index is 13.6. The number of hydrogen-bond acceptors (Lipinski definition) is 2. The molecular weight excluding hydrogens is 241 g/mol. The molecule has 1 aromatic carbocycles. The third kappa shape index (κ3) is 2.84. The van der Waals surface area contributed by atoms with Crippen LogP contribution in [0.25, 0.3) is 0 Å². The van der Waals surface area contributed by atoms with E-state index in [1.807, 2.05) is 10.8 Å². The topological polar surface area (TPSA) is 43.8 Å². The van der Waals surface area contributed by atoms with Crippen LogP contribution in [-0.4, -0.2) is 16.1 Å². The second-order valence-electron chi connectivity index (χ2n) is 3.75. The number of rotatable bonds is 4. The zero-order valence-corrected chi connectivity index (χ0v) is 9.99. The maximum atomic E-state index is 13.6. The van der Waals surface area contributed by atoms with Crippen molar-refractivity contribution in [3.63, 3.8) is 0 Å². The Kier molecular flexibility index (Phi) is 3.76. The van der Waals surface area contributed by atoms with E-state index in [-0.39, 0.29) is 5.82 Å². The molecule has 3 nitrogen and oxygen atoms in total. The number of hydrogen-bond donors (Lipinski definition) is 1. The summed E-state index contributed by atoms with van der Waals surface area (Å²) in [5.41, 5.74) is 6.04. The van der Waals surface area contributed by atoms with Gasteiger partial charge in [0.25, 0.3) is 0 Å². The van der Waals surface area contributed by atoms with E-state index in [0.29, 0.717) is 30.1 Å². The molecule has 0 atom stereocenters. The fourth-order valence-corrected chi connectivity index (χ4v) is 1.88. The summed E-state index contributed by atoms with van der Waals surface area (Å²) in [6.07, 6.45) is 4.17. The fourth-order valence-electron chi connectivity index (χ4n) is 1.69. The van der Waals surface area contributed by atoms with Gasteiger partial charge in [-0.2, -0.15) is 0 Å². The molecule has 0 saturated carbocycles. The lowest BCUT2D eigenvalue weighted by Gasteiger charge is -2.08. The molecule has 0 spiro atoms. The van der Waals surface area contributed by atoms with Crippen molar-refractivity contribution in [2.75, 3.05) is 6.54 Å². The van der Waals surface area contributed by atoms with Crippen molar-refractivity contribution in [1.82, 2.24) is 9.55 Å². The number of imidazole rings is 1. The van der Waals surface area contributed by atoms with Gasteiger partial charge in [0.2, 0.25) is 0 Å². The van der Waals surface area contributed by atoms with Crippen LogP contribution in [0.4, 0.5) is 4.39 Å². The number of benzene rings is 1. The van der Waals surface area contributed by atoms with Gasteiger partial charge in [-0.1, -0.05) is 11.6 Å². The quantitative estimate of drug-likeness (QED) is 0.908. The second-order valence-corrected chi connectivity index (χ2v) is 4.18. The average Bonchev–Trinajstić information content (AvgIpc) is 2.72. The van der Waals surface area contributed by atoms with Gasteiger partial charge in [-0.25, -0.2) is 9.37 Å². The van der Waals surface area contributed by atoms with Crippen molar-refractivity contribution in [3.05, 3.63) is 52.8 Å². The predicted molar refractivity (Wildman–Crippen MR) is 65.5 cm³/mol. The third-order valence-electron chi connectivity index (χ3n) is 2.52. The number of nitrogens with zero attached hydrogens (tertiary/aromatic N) is 2. The normalized spacial score (nSPS) is 10.8. The van der Waals surface area contributed by atoms with Crippen molar-refractivity contribution in [2.24, 2.45) is 5.73 Å². The molecule has 2 rings (SSSR count). The summed E-state index contributed by atoms with van der Waals surface area (Å²) in [6, 6.07) is 4.54. The zero-order chi connectivity index (χ0) is 12.3.